The van der Waals surface area contributed by atoms with E-state index < -0.39 is 5.54 Å². The normalized spacial score (nSPS) is 14.5. The molecule has 1 fully saturated rings. The third-order valence-electron chi connectivity index (χ3n) is 4.53. The molecule has 0 bridgehead atoms. The highest BCUT2D eigenvalue weighted by atomic mass is 16.5. The zero-order chi connectivity index (χ0) is 18.3. The Hall–Kier alpha value is -2.97. The van der Waals surface area contributed by atoms with Gasteiger partial charge in [0.15, 0.2) is 0 Å². The molecule has 0 spiro atoms. The van der Waals surface area contributed by atoms with Crippen LogP contribution >= 0.6 is 0 Å². The molecular weight excluding hydrogens is 332 g/mol. The minimum absolute atomic E-state index is 0.403. The molecule has 26 heavy (non-hydrogen) atoms. The second kappa shape index (κ2) is 6.08. The molecule has 1 saturated carbocycles. The van der Waals surface area contributed by atoms with Crippen LogP contribution < -0.4 is 10.1 Å². The lowest BCUT2D eigenvalue weighted by Crippen LogP contribution is -2.30. The summed E-state index contributed by atoms with van der Waals surface area (Å²) in [6.07, 6.45) is 7.32. The first-order valence-electron chi connectivity index (χ1n) is 8.60. The minimum Gasteiger partial charge on any atom is -0.481 e. The molecular formula is C17H22N8O. The van der Waals surface area contributed by atoms with E-state index in [0.717, 1.165) is 29.9 Å². The summed E-state index contributed by atoms with van der Waals surface area (Å²) in [6, 6.07) is 2.41. The number of anilines is 2. The average Bonchev–Trinajstić information content (AvgIpc) is 3.14. The number of methoxy groups -OCH3 is 1. The molecule has 1 aliphatic rings. The molecule has 3 heterocycles. The van der Waals surface area contributed by atoms with Crippen molar-refractivity contribution in [3.8, 4) is 5.88 Å². The topological polar surface area (TPSA) is 95.6 Å². The van der Waals surface area contributed by atoms with Gasteiger partial charge in [0.2, 0.25) is 11.8 Å². The summed E-state index contributed by atoms with van der Waals surface area (Å²) >= 11 is 0. The van der Waals surface area contributed by atoms with Crippen LogP contribution in [0.1, 0.15) is 44.0 Å². The fraction of sp³-hybridized carbons (Fsp3) is 0.471. The first-order chi connectivity index (χ1) is 12.5. The van der Waals surface area contributed by atoms with E-state index in [-0.39, 0.29) is 0 Å². The Morgan fingerprint density at radius 3 is 2.62 bits per heavy atom. The van der Waals surface area contributed by atoms with Gasteiger partial charge in [-0.25, -0.2) is 9.67 Å². The molecule has 0 amide bonds. The van der Waals surface area contributed by atoms with Crippen LogP contribution in [-0.2, 0) is 5.54 Å². The number of nitrogens with zero attached hydrogens (tertiary/aromatic N) is 7. The molecule has 0 aliphatic heterocycles. The third kappa shape index (κ3) is 2.89. The summed E-state index contributed by atoms with van der Waals surface area (Å²) in [5.74, 6) is 1.89. The number of aryl methyl sites for hydroxylation is 1. The predicted octanol–water partition coefficient (Wildman–Crippen LogP) is 2.44. The van der Waals surface area contributed by atoms with Crippen molar-refractivity contribution >= 4 is 11.8 Å². The van der Waals surface area contributed by atoms with Crippen molar-refractivity contribution in [2.24, 2.45) is 0 Å². The Morgan fingerprint density at radius 1 is 1.23 bits per heavy atom. The second-order valence-corrected chi connectivity index (χ2v) is 6.98. The Balaban J connectivity index is 1.69. The summed E-state index contributed by atoms with van der Waals surface area (Å²) in [4.78, 5) is 10.4. The smallest absolute Gasteiger partial charge is 0.231 e. The monoisotopic (exact) mass is 354 g/mol. The van der Waals surface area contributed by atoms with Gasteiger partial charge in [-0.3, -0.25) is 0 Å². The van der Waals surface area contributed by atoms with E-state index in [0.29, 0.717) is 17.9 Å². The molecule has 0 aromatic carbocycles. The van der Waals surface area contributed by atoms with Crippen molar-refractivity contribution in [2.75, 3.05) is 12.4 Å². The van der Waals surface area contributed by atoms with Crippen molar-refractivity contribution in [1.29, 1.82) is 0 Å². The largest absolute Gasteiger partial charge is 0.481 e. The van der Waals surface area contributed by atoms with E-state index in [1.807, 2.05) is 31.5 Å². The molecule has 9 heteroatoms. The molecule has 0 atom stereocenters. The fourth-order valence-electron chi connectivity index (χ4n) is 2.80. The van der Waals surface area contributed by atoms with Crippen LogP contribution in [0.4, 0.5) is 11.8 Å². The molecule has 0 unspecified atom stereocenters. The maximum atomic E-state index is 5.29. The summed E-state index contributed by atoms with van der Waals surface area (Å²) in [7, 11) is 1.60. The van der Waals surface area contributed by atoms with Crippen molar-refractivity contribution in [2.45, 2.75) is 45.2 Å². The molecule has 1 aliphatic carbocycles. The zero-order valence-corrected chi connectivity index (χ0v) is 15.3. The summed E-state index contributed by atoms with van der Waals surface area (Å²) < 4.78 is 7.30. The standard InChI is InChI=1S/C17H22N8O/c1-11-10-18-16(22-15(11)26-4)21-14-9-13(23-24(14)12-5-6-12)17(2,3)25-19-7-8-20-25/h7-10,12H,5-6H2,1-4H3,(H,18,21,22). The third-order valence-corrected chi connectivity index (χ3v) is 4.53. The molecule has 4 rings (SSSR count). The Kier molecular flexibility index (Phi) is 3.86. The van der Waals surface area contributed by atoms with E-state index in [4.69, 9.17) is 9.84 Å². The highest BCUT2D eigenvalue weighted by Crippen LogP contribution is 2.39. The van der Waals surface area contributed by atoms with Crippen LogP contribution in [0.5, 0.6) is 5.88 Å². The SMILES string of the molecule is COc1nc(Nc2cc(C(C)(C)n3nccn3)nn2C2CC2)ncc1C. The molecule has 0 radical (unpaired) electrons. The van der Waals surface area contributed by atoms with Crippen LogP contribution in [-0.4, -0.2) is 41.9 Å². The lowest BCUT2D eigenvalue weighted by Gasteiger charge is -2.20. The van der Waals surface area contributed by atoms with Gasteiger partial charge in [0, 0.05) is 17.8 Å². The number of ether oxygens (including phenoxy) is 1. The first-order valence-corrected chi connectivity index (χ1v) is 8.60. The predicted molar refractivity (Wildman–Crippen MR) is 95.5 cm³/mol. The van der Waals surface area contributed by atoms with Crippen molar-refractivity contribution < 1.29 is 4.74 Å². The molecule has 0 saturated heterocycles. The van der Waals surface area contributed by atoms with Gasteiger partial charge in [0.25, 0.3) is 0 Å². The van der Waals surface area contributed by atoms with Crippen LogP contribution in [0, 0.1) is 6.92 Å². The number of hydrogen-bond acceptors (Lipinski definition) is 7. The van der Waals surface area contributed by atoms with E-state index in [1.54, 1.807) is 30.5 Å². The Morgan fingerprint density at radius 2 is 1.96 bits per heavy atom. The summed E-state index contributed by atoms with van der Waals surface area (Å²) in [5, 5.41) is 16.7. The van der Waals surface area contributed by atoms with Gasteiger partial charge < -0.3 is 10.1 Å². The van der Waals surface area contributed by atoms with Gasteiger partial charge >= 0.3 is 0 Å². The second-order valence-electron chi connectivity index (χ2n) is 6.98. The van der Waals surface area contributed by atoms with E-state index >= 15 is 0 Å². The summed E-state index contributed by atoms with van der Waals surface area (Å²) in [5.41, 5.74) is 1.30. The van der Waals surface area contributed by atoms with E-state index in [9.17, 15) is 0 Å². The van der Waals surface area contributed by atoms with Crippen LogP contribution in [0.15, 0.2) is 24.7 Å². The Labute approximate surface area is 151 Å². The number of nitrogens with one attached hydrogen (secondary N) is 1. The summed E-state index contributed by atoms with van der Waals surface area (Å²) in [6.45, 7) is 6.00. The highest BCUT2D eigenvalue weighted by Gasteiger charge is 2.33. The average molecular weight is 354 g/mol. The molecule has 3 aromatic rings. The number of aromatic nitrogens is 7. The fourth-order valence-corrected chi connectivity index (χ4v) is 2.80. The van der Waals surface area contributed by atoms with Gasteiger partial charge in [-0.05, 0) is 33.6 Å². The van der Waals surface area contributed by atoms with E-state index in [1.165, 1.54) is 0 Å². The maximum absolute atomic E-state index is 5.29. The highest BCUT2D eigenvalue weighted by molar-refractivity contribution is 5.51. The molecule has 1 N–H and O–H groups in total. The quantitative estimate of drug-likeness (QED) is 0.726. The molecule has 136 valence electrons. The van der Waals surface area contributed by atoms with Crippen molar-refractivity contribution in [1.82, 2.24) is 34.7 Å². The zero-order valence-electron chi connectivity index (χ0n) is 15.3. The lowest BCUT2D eigenvalue weighted by atomic mass is 10.0. The van der Waals surface area contributed by atoms with Crippen molar-refractivity contribution in [3.63, 3.8) is 0 Å². The van der Waals surface area contributed by atoms with Crippen LogP contribution in [0.3, 0.4) is 0 Å². The van der Waals surface area contributed by atoms with Crippen molar-refractivity contribution in [3.05, 3.63) is 35.9 Å². The maximum Gasteiger partial charge on any atom is 0.231 e. The van der Waals surface area contributed by atoms with E-state index in [2.05, 4.69) is 25.5 Å². The lowest BCUT2D eigenvalue weighted by molar-refractivity contribution is 0.331. The number of rotatable bonds is 6. The molecule has 3 aromatic heterocycles. The Bertz CT molecular complexity index is 911. The van der Waals surface area contributed by atoms with Crippen LogP contribution in [0.25, 0.3) is 0 Å². The van der Waals surface area contributed by atoms with Gasteiger partial charge in [-0.15, -0.1) is 0 Å². The number of hydrogen-bond donors (Lipinski definition) is 1. The first kappa shape index (κ1) is 16.5. The van der Waals surface area contributed by atoms with Gasteiger partial charge in [0.1, 0.15) is 11.4 Å². The molecule has 9 nitrogen and oxygen atoms in total. The van der Waals surface area contributed by atoms with Gasteiger partial charge in [-0.1, -0.05) is 0 Å². The van der Waals surface area contributed by atoms with Crippen LogP contribution in [0.2, 0.25) is 0 Å². The van der Waals surface area contributed by atoms with Gasteiger partial charge in [0.05, 0.1) is 31.2 Å². The minimum atomic E-state index is -0.466. The van der Waals surface area contributed by atoms with Gasteiger partial charge in [-0.2, -0.15) is 25.1 Å².